The molecule has 0 aliphatic heterocycles. The molecular weight excluding hydrogens is 352 g/mol. The average molecular weight is 372 g/mol. The fraction of sp³-hybridized carbons (Fsp3) is 0.294. The number of thiazole rings is 1. The maximum absolute atomic E-state index is 12.5. The first-order chi connectivity index (χ1) is 12.4. The SMILES string of the molecule is CN(C)C(=O)Cn1cccc(NCc2csc(-c3cnn(C)c3)n2)c1=O. The highest BCUT2D eigenvalue weighted by atomic mass is 32.1. The molecular formula is C17H20N6O2S. The van der Waals surface area contributed by atoms with Crippen molar-refractivity contribution in [3.05, 3.63) is 52.2 Å². The van der Waals surface area contributed by atoms with E-state index in [1.165, 1.54) is 20.8 Å². The molecule has 0 saturated heterocycles. The Hall–Kier alpha value is -2.94. The van der Waals surface area contributed by atoms with Crippen LogP contribution in [0.15, 0.2) is 40.9 Å². The van der Waals surface area contributed by atoms with Crippen molar-refractivity contribution in [1.82, 2.24) is 24.2 Å². The summed E-state index contributed by atoms with van der Waals surface area (Å²) < 4.78 is 3.13. The normalized spacial score (nSPS) is 10.7. The number of nitrogens with zero attached hydrogens (tertiary/aromatic N) is 5. The van der Waals surface area contributed by atoms with E-state index < -0.39 is 0 Å². The Labute approximate surface area is 154 Å². The zero-order chi connectivity index (χ0) is 18.7. The van der Waals surface area contributed by atoms with Gasteiger partial charge in [0.05, 0.1) is 18.4 Å². The molecule has 1 amide bonds. The van der Waals surface area contributed by atoms with Crippen LogP contribution in [0.1, 0.15) is 5.69 Å². The zero-order valence-electron chi connectivity index (χ0n) is 14.8. The first kappa shape index (κ1) is 17.9. The van der Waals surface area contributed by atoms with Crippen molar-refractivity contribution in [1.29, 1.82) is 0 Å². The molecule has 3 rings (SSSR count). The molecule has 136 valence electrons. The summed E-state index contributed by atoms with van der Waals surface area (Å²) in [6.07, 6.45) is 5.29. The summed E-state index contributed by atoms with van der Waals surface area (Å²) in [6, 6.07) is 3.45. The number of anilines is 1. The number of aromatic nitrogens is 4. The minimum atomic E-state index is -0.231. The first-order valence-corrected chi connectivity index (χ1v) is 8.89. The first-order valence-electron chi connectivity index (χ1n) is 8.01. The van der Waals surface area contributed by atoms with Crippen LogP contribution in [0.5, 0.6) is 0 Å². The molecule has 0 radical (unpaired) electrons. The number of aryl methyl sites for hydroxylation is 1. The Bertz CT molecular complexity index is 972. The summed E-state index contributed by atoms with van der Waals surface area (Å²) >= 11 is 1.53. The molecule has 0 unspecified atom stereocenters. The largest absolute Gasteiger partial charge is 0.375 e. The molecule has 8 nitrogen and oxygen atoms in total. The van der Waals surface area contributed by atoms with Crippen molar-refractivity contribution >= 4 is 22.9 Å². The molecule has 0 atom stereocenters. The highest BCUT2D eigenvalue weighted by Crippen LogP contribution is 2.23. The van der Waals surface area contributed by atoms with Gasteiger partial charge in [-0.3, -0.25) is 14.3 Å². The molecule has 0 spiro atoms. The highest BCUT2D eigenvalue weighted by Gasteiger charge is 2.10. The van der Waals surface area contributed by atoms with Gasteiger partial charge in [0.15, 0.2) is 0 Å². The van der Waals surface area contributed by atoms with Crippen molar-refractivity contribution in [2.45, 2.75) is 13.1 Å². The van der Waals surface area contributed by atoms with Crippen LogP contribution in [0.4, 0.5) is 5.69 Å². The molecule has 3 heterocycles. The third kappa shape index (κ3) is 3.99. The van der Waals surface area contributed by atoms with Crippen LogP contribution in [-0.2, 0) is 24.9 Å². The topological polar surface area (TPSA) is 85.1 Å². The van der Waals surface area contributed by atoms with Gasteiger partial charge in [-0.1, -0.05) is 0 Å². The fourth-order valence-corrected chi connectivity index (χ4v) is 3.12. The zero-order valence-corrected chi connectivity index (χ0v) is 15.7. The Morgan fingerprint density at radius 1 is 1.38 bits per heavy atom. The van der Waals surface area contributed by atoms with E-state index in [2.05, 4.69) is 15.4 Å². The summed E-state index contributed by atoms with van der Waals surface area (Å²) in [4.78, 5) is 30.3. The Morgan fingerprint density at radius 3 is 2.88 bits per heavy atom. The van der Waals surface area contributed by atoms with Crippen LogP contribution in [0.25, 0.3) is 10.6 Å². The van der Waals surface area contributed by atoms with Crippen molar-refractivity contribution in [2.75, 3.05) is 19.4 Å². The van der Waals surface area contributed by atoms with Crippen LogP contribution in [-0.4, -0.2) is 44.2 Å². The number of hydrogen-bond acceptors (Lipinski definition) is 6. The fourth-order valence-electron chi connectivity index (χ4n) is 2.32. The molecule has 0 bridgehead atoms. The van der Waals surface area contributed by atoms with Crippen molar-refractivity contribution in [2.24, 2.45) is 7.05 Å². The van der Waals surface area contributed by atoms with Crippen LogP contribution >= 0.6 is 11.3 Å². The number of amides is 1. The van der Waals surface area contributed by atoms with Crippen LogP contribution < -0.4 is 10.9 Å². The monoisotopic (exact) mass is 372 g/mol. The molecule has 0 aliphatic rings. The molecule has 3 aromatic rings. The third-order valence-electron chi connectivity index (χ3n) is 3.79. The highest BCUT2D eigenvalue weighted by molar-refractivity contribution is 7.13. The third-order valence-corrected chi connectivity index (χ3v) is 4.73. The van der Waals surface area contributed by atoms with Gasteiger partial charge >= 0.3 is 0 Å². The summed E-state index contributed by atoms with van der Waals surface area (Å²) in [5.41, 5.74) is 2.02. The van der Waals surface area contributed by atoms with Crippen molar-refractivity contribution in [3.8, 4) is 10.6 Å². The molecule has 0 saturated carbocycles. The summed E-state index contributed by atoms with van der Waals surface area (Å²) in [7, 11) is 5.19. The lowest BCUT2D eigenvalue weighted by atomic mass is 10.3. The predicted molar refractivity (Wildman–Crippen MR) is 101 cm³/mol. The van der Waals surface area contributed by atoms with Crippen molar-refractivity contribution < 1.29 is 4.79 Å². The molecule has 1 N–H and O–H groups in total. The molecule has 3 aromatic heterocycles. The summed E-state index contributed by atoms with van der Waals surface area (Å²) in [5.74, 6) is -0.134. The van der Waals surface area contributed by atoms with Crippen LogP contribution in [0.3, 0.4) is 0 Å². The maximum atomic E-state index is 12.5. The van der Waals surface area contributed by atoms with Gasteiger partial charge in [-0.2, -0.15) is 5.10 Å². The number of pyridine rings is 1. The van der Waals surface area contributed by atoms with E-state index in [-0.39, 0.29) is 18.0 Å². The standard InChI is InChI=1S/C17H20N6O2S/c1-21(2)15(24)10-23-6-4-5-14(17(23)25)18-8-13-11-26-16(20-13)12-7-19-22(3)9-12/h4-7,9,11,18H,8,10H2,1-3H3. The molecule has 0 aromatic carbocycles. The van der Waals surface area contributed by atoms with E-state index in [1.54, 1.807) is 43.3 Å². The van der Waals surface area contributed by atoms with Gasteiger partial charge in [0.25, 0.3) is 5.56 Å². The van der Waals surface area contributed by atoms with Gasteiger partial charge in [0.2, 0.25) is 5.91 Å². The lowest BCUT2D eigenvalue weighted by Crippen LogP contribution is -2.32. The minimum Gasteiger partial charge on any atom is -0.375 e. The number of carbonyl (C=O) groups is 1. The van der Waals surface area contributed by atoms with Crippen molar-refractivity contribution in [3.63, 3.8) is 0 Å². The van der Waals surface area contributed by atoms with E-state index in [0.717, 1.165) is 16.3 Å². The lowest BCUT2D eigenvalue weighted by Gasteiger charge is -2.12. The molecule has 0 fully saturated rings. The van der Waals surface area contributed by atoms with Gasteiger partial charge in [0.1, 0.15) is 17.2 Å². The lowest BCUT2D eigenvalue weighted by molar-refractivity contribution is -0.129. The Kier molecular flexibility index (Phi) is 5.17. The Morgan fingerprint density at radius 2 is 2.19 bits per heavy atom. The van der Waals surface area contributed by atoms with Gasteiger partial charge < -0.3 is 14.8 Å². The Balaban J connectivity index is 1.69. The van der Waals surface area contributed by atoms with E-state index in [4.69, 9.17) is 0 Å². The number of rotatable bonds is 6. The van der Waals surface area contributed by atoms with Crippen LogP contribution in [0.2, 0.25) is 0 Å². The van der Waals surface area contributed by atoms with Gasteiger partial charge in [-0.05, 0) is 12.1 Å². The number of hydrogen-bond donors (Lipinski definition) is 1. The predicted octanol–water partition coefficient (Wildman–Crippen LogP) is 1.41. The average Bonchev–Trinajstić information content (AvgIpc) is 3.24. The van der Waals surface area contributed by atoms with Gasteiger partial charge in [0, 0.05) is 44.5 Å². The number of likely N-dealkylation sites (N-methyl/N-ethyl adjacent to an activating group) is 1. The van der Waals surface area contributed by atoms with E-state index in [9.17, 15) is 9.59 Å². The second-order valence-corrected chi connectivity index (χ2v) is 6.90. The maximum Gasteiger partial charge on any atom is 0.274 e. The second-order valence-electron chi connectivity index (χ2n) is 6.04. The van der Waals surface area contributed by atoms with E-state index >= 15 is 0 Å². The van der Waals surface area contributed by atoms with Gasteiger partial charge in [-0.25, -0.2) is 4.98 Å². The smallest absolute Gasteiger partial charge is 0.274 e. The molecule has 26 heavy (non-hydrogen) atoms. The molecule has 9 heteroatoms. The van der Waals surface area contributed by atoms with Gasteiger partial charge in [-0.15, -0.1) is 11.3 Å². The van der Waals surface area contributed by atoms with Crippen LogP contribution in [0, 0.1) is 0 Å². The van der Waals surface area contributed by atoms with E-state index in [1.807, 2.05) is 18.6 Å². The second kappa shape index (κ2) is 7.52. The quantitative estimate of drug-likeness (QED) is 0.707. The molecule has 0 aliphatic carbocycles. The minimum absolute atomic E-state index is 0.0171. The van der Waals surface area contributed by atoms with E-state index in [0.29, 0.717) is 12.2 Å². The number of carbonyl (C=O) groups excluding carboxylic acids is 1. The summed E-state index contributed by atoms with van der Waals surface area (Å²) in [5, 5.41) is 10.1. The number of nitrogens with one attached hydrogen (secondary N) is 1. The summed E-state index contributed by atoms with van der Waals surface area (Å²) in [6.45, 7) is 0.445.